The summed E-state index contributed by atoms with van der Waals surface area (Å²) >= 11 is 0. The number of oxime groups is 1. The third-order valence-electron chi connectivity index (χ3n) is 0.648. The van der Waals surface area contributed by atoms with Crippen LogP contribution in [0, 0.1) is 6.42 Å². The Morgan fingerprint density at radius 3 is 2.70 bits per heavy atom. The second-order valence-electron chi connectivity index (χ2n) is 1.39. The van der Waals surface area contributed by atoms with Gasteiger partial charge in [0.2, 0.25) is 5.90 Å². The van der Waals surface area contributed by atoms with Crippen molar-refractivity contribution in [2.75, 3.05) is 6.61 Å². The van der Waals surface area contributed by atoms with E-state index in [2.05, 4.69) is 21.2 Å². The molecule has 0 saturated heterocycles. The van der Waals surface area contributed by atoms with Crippen molar-refractivity contribution in [2.24, 2.45) is 5.16 Å². The van der Waals surface area contributed by atoms with Crippen molar-refractivity contribution in [1.29, 1.82) is 0 Å². The molecule has 10 heavy (non-hydrogen) atoms. The number of halogens is 3. The number of hydrogen-bond acceptors (Lipinski definition) is 3. The van der Waals surface area contributed by atoms with Gasteiger partial charge in [0.15, 0.2) is 0 Å². The number of alkyl halides is 3. The molecule has 0 aromatic heterocycles. The SMILES string of the molecule is FC(F)(F)OC1=NOC[C]1. The molecule has 1 heterocycles. The Labute approximate surface area is 54.4 Å². The molecule has 1 aliphatic heterocycles. The van der Waals surface area contributed by atoms with Crippen molar-refractivity contribution in [2.45, 2.75) is 6.36 Å². The zero-order valence-electron chi connectivity index (χ0n) is 4.60. The van der Waals surface area contributed by atoms with Gasteiger partial charge in [0, 0.05) is 0 Å². The summed E-state index contributed by atoms with van der Waals surface area (Å²) in [5.41, 5.74) is 0. The molecule has 0 spiro atoms. The maximum atomic E-state index is 11.3. The molecule has 0 aromatic carbocycles. The Balaban J connectivity index is 2.38. The van der Waals surface area contributed by atoms with Crippen molar-refractivity contribution in [3.63, 3.8) is 0 Å². The number of hydrogen-bond donors (Lipinski definition) is 0. The van der Waals surface area contributed by atoms with E-state index in [0.717, 1.165) is 0 Å². The van der Waals surface area contributed by atoms with Crippen LogP contribution in [-0.2, 0) is 9.57 Å². The summed E-state index contributed by atoms with van der Waals surface area (Å²) < 4.78 is 37.2. The molecule has 0 bridgehead atoms. The molecule has 0 unspecified atom stereocenters. The average molecular weight is 153 g/mol. The maximum absolute atomic E-state index is 11.3. The van der Waals surface area contributed by atoms with E-state index in [1.165, 1.54) is 0 Å². The second kappa shape index (κ2) is 2.36. The van der Waals surface area contributed by atoms with Gasteiger partial charge in [-0.05, 0) is 0 Å². The van der Waals surface area contributed by atoms with E-state index < -0.39 is 12.3 Å². The lowest BCUT2D eigenvalue weighted by atomic mass is 10.5. The summed E-state index contributed by atoms with van der Waals surface area (Å²) in [6.07, 6.45) is -2.61. The van der Waals surface area contributed by atoms with E-state index in [0.29, 0.717) is 0 Å². The van der Waals surface area contributed by atoms with E-state index in [1.807, 2.05) is 0 Å². The minimum atomic E-state index is -4.71. The van der Waals surface area contributed by atoms with E-state index in [-0.39, 0.29) is 6.61 Å². The average Bonchev–Trinajstić information content (AvgIpc) is 2.12. The summed E-state index contributed by atoms with van der Waals surface area (Å²) in [7, 11) is 0. The maximum Gasteiger partial charge on any atom is 0.574 e. The predicted octanol–water partition coefficient (Wildman–Crippen LogP) is 0.948. The predicted molar refractivity (Wildman–Crippen MR) is 23.8 cm³/mol. The van der Waals surface area contributed by atoms with Gasteiger partial charge in [0.05, 0.1) is 0 Å². The van der Waals surface area contributed by atoms with Crippen molar-refractivity contribution < 1.29 is 22.7 Å². The van der Waals surface area contributed by atoms with Gasteiger partial charge in [0.1, 0.15) is 13.0 Å². The zero-order chi connectivity index (χ0) is 7.61. The lowest BCUT2D eigenvalue weighted by Crippen LogP contribution is -2.18. The molecular formula is C4H2F3NO2. The number of ether oxygens (including phenoxy) is 1. The molecule has 3 nitrogen and oxygen atoms in total. The van der Waals surface area contributed by atoms with Crippen LogP contribution < -0.4 is 0 Å². The van der Waals surface area contributed by atoms with E-state index in [4.69, 9.17) is 0 Å². The van der Waals surface area contributed by atoms with Crippen molar-refractivity contribution >= 4 is 5.90 Å². The van der Waals surface area contributed by atoms with Crippen molar-refractivity contribution in [3.8, 4) is 0 Å². The normalized spacial score (nSPS) is 18.1. The molecule has 0 fully saturated rings. The minimum absolute atomic E-state index is 0.0919. The molecule has 1 aliphatic rings. The lowest BCUT2D eigenvalue weighted by Gasteiger charge is -2.04. The highest BCUT2D eigenvalue weighted by Crippen LogP contribution is 2.18. The molecular weight excluding hydrogens is 151 g/mol. The van der Waals surface area contributed by atoms with Gasteiger partial charge in [-0.3, -0.25) is 0 Å². The molecule has 1 rings (SSSR count). The van der Waals surface area contributed by atoms with Crippen LogP contribution in [0.5, 0.6) is 0 Å². The van der Waals surface area contributed by atoms with Crippen LogP contribution >= 0.6 is 0 Å². The largest absolute Gasteiger partial charge is 0.574 e. The smallest absolute Gasteiger partial charge is 0.392 e. The monoisotopic (exact) mass is 153 g/mol. The van der Waals surface area contributed by atoms with Gasteiger partial charge in [-0.1, -0.05) is 5.16 Å². The highest BCUT2D eigenvalue weighted by Gasteiger charge is 2.34. The molecule has 2 radical (unpaired) electrons. The van der Waals surface area contributed by atoms with Gasteiger partial charge in [0.25, 0.3) is 0 Å². The van der Waals surface area contributed by atoms with Crippen LogP contribution in [0.2, 0.25) is 0 Å². The fourth-order valence-corrected chi connectivity index (χ4v) is 0.382. The summed E-state index contributed by atoms with van der Waals surface area (Å²) in [4.78, 5) is 4.15. The van der Waals surface area contributed by atoms with Gasteiger partial charge < -0.3 is 9.57 Å². The summed E-state index contributed by atoms with van der Waals surface area (Å²) in [6.45, 7) is -0.0919. The fraction of sp³-hybridized carbons (Fsp3) is 0.500. The summed E-state index contributed by atoms with van der Waals surface area (Å²) in [5, 5.41) is 2.88. The topological polar surface area (TPSA) is 30.8 Å². The van der Waals surface area contributed by atoms with Crippen molar-refractivity contribution in [1.82, 2.24) is 0 Å². The van der Waals surface area contributed by atoms with Crippen LogP contribution in [0.3, 0.4) is 0 Å². The summed E-state index contributed by atoms with van der Waals surface area (Å²) in [6, 6.07) is 0. The first-order chi connectivity index (χ1) is 4.58. The van der Waals surface area contributed by atoms with Gasteiger partial charge >= 0.3 is 6.36 Å². The van der Waals surface area contributed by atoms with E-state index in [9.17, 15) is 13.2 Å². The fourth-order valence-electron chi connectivity index (χ4n) is 0.382. The second-order valence-corrected chi connectivity index (χ2v) is 1.39. The van der Waals surface area contributed by atoms with Crippen LogP contribution in [0.25, 0.3) is 0 Å². The van der Waals surface area contributed by atoms with Crippen LogP contribution in [0.1, 0.15) is 0 Å². The quantitative estimate of drug-likeness (QED) is 0.518. The van der Waals surface area contributed by atoms with E-state index >= 15 is 0 Å². The Bertz CT molecular complexity index is 153. The first-order valence-corrected chi connectivity index (χ1v) is 2.27. The Hall–Kier alpha value is -0.940. The number of nitrogens with zero attached hydrogens (tertiary/aromatic N) is 1. The van der Waals surface area contributed by atoms with Crippen LogP contribution in [0.15, 0.2) is 5.16 Å². The van der Waals surface area contributed by atoms with Crippen LogP contribution in [0.4, 0.5) is 13.2 Å². The van der Waals surface area contributed by atoms with Gasteiger partial charge in [-0.2, -0.15) is 0 Å². The highest BCUT2D eigenvalue weighted by atomic mass is 19.4. The van der Waals surface area contributed by atoms with Crippen molar-refractivity contribution in [3.05, 3.63) is 6.42 Å². The molecule has 0 atom stereocenters. The molecule has 6 heteroatoms. The Morgan fingerprint density at radius 2 is 2.30 bits per heavy atom. The van der Waals surface area contributed by atoms with Gasteiger partial charge in [-0.25, -0.2) is 0 Å². The minimum Gasteiger partial charge on any atom is -0.392 e. The molecule has 0 amide bonds. The third kappa shape index (κ3) is 2.12. The van der Waals surface area contributed by atoms with Crippen LogP contribution in [-0.4, -0.2) is 18.9 Å². The first kappa shape index (κ1) is 7.17. The summed E-state index contributed by atoms with van der Waals surface area (Å²) in [5.74, 6) is -0.660. The molecule has 0 N–H and O–H groups in total. The number of rotatable bonds is 0. The standard InChI is InChI=1S/C4H2F3NO2/c5-4(6,7)10-3-1-2-9-8-3/h2H2. The lowest BCUT2D eigenvalue weighted by molar-refractivity contribution is -0.283. The van der Waals surface area contributed by atoms with Gasteiger partial charge in [-0.15, -0.1) is 13.2 Å². The Morgan fingerprint density at radius 1 is 1.60 bits per heavy atom. The molecule has 0 aromatic rings. The highest BCUT2D eigenvalue weighted by molar-refractivity contribution is 5.85. The Kier molecular flexibility index (Phi) is 1.69. The molecule has 56 valence electrons. The first-order valence-electron chi connectivity index (χ1n) is 2.27. The molecule has 0 aliphatic carbocycles. The third-order valence-corrected chi connectivity index (χ3v) is 0.648. The zero-order valence-corrected chi connectivity index (χ0v) is 4.60. The molecule has 0 saturated carbocycles. The van der Waals surface area contributed by atoms with E-state index in [1.54, 1.807) is 0 Å².